The number of fused-ring (bicyclic) bond motifs is 2. The molecule has 1 aromatic carbocycles. The van der Waals surface area contributed by atoms with E-state index in [9.17, 15) is 0 Å². The third-order valence-electron chi connectivity index (χ3n) is 3.86. The average molecular weight is 217 g/mol. The van der Waals surface area contributed by atoms with Gasteiger partial charge in [-0.2, -0.15) is 0 Å². The van der Waals surface area contributed by atoms with Crippen LogP contribution >= 0.6 is 0 Å². The van der Waals surface area contributed by atoms with Crippen molar-refractivity contribution >= 4 is 11.4 Å². The Balaban J connectivity index is 1.88. The molecule has 0 saturated carbocycles. The molecule has 0 aliphatic carbocycles. The van der Waals surface area contributed by atoms with Crippen LogP contribution in [0.1, 0.15) is 12.8 Å². The number of nitrogens with two attached hydrogens (primary N) is 1. The number of nitrogen functional groups attached to an aromatic ring is 1. The van der Waals surface area contributed by atoms with Gasteiger partial charge in [0.1, 0.15) is 0 Å². The van der Waals surface area contributed by atoms with Gasteiger partial charge >= 0.3 is 0 Å². The number of likely N-dealkylation sites (N-methyl/N-ethyl adjacent to an activating group) is 1. The summed E-state index contributed by atoms with van der Waals surface area (Å²) in [5, 5.41) is 0. The Bertz CT molecular complexity index is 359. The minimum atomic E-state index is 0.701. The van der Waals surface area contributed by atoms with E-state index in [2.05, 4.69) is 29.0 Å². The second-order valence-electron chi connectivity index (χ2n) is 5.11. The summed E-state index contributed by atoms with van der Waals surface area (Å²) in [6.45, 7) is 2.39. The zero-order chi connectivity index (χ0) is 11.1. The van der Waals surface area contributed by atoms with E-state index in [1.807, 2.05) is 12.1 Å². The molecule has 0 amide bonds. The summed E-state index contributed by atoms with van der Waals surface area (Å²) in [5.41, 5.74) is 7.93. The number of likely N-dealkylation sites (tertiary alicyclic amines) is 1. The molecule has 3 heteroatoms. The molecular formula is C13H19N3. The third-order valence-corrected chi connectivity index (χ3v) is 3.86. The van der Waals surface area contributed by atoms with Crippen LogP contribution in [0.2, 0.25) is 0 Å². The number of piperazine rings is 1. The van der Waals surface area contributed by atoms with Gasteiger partial charge in [-0.3, -0.25) is 0 Å². The zero-order valence-electron chi connectivity index (χ0n) is 9.76. The van der Waals surface area contributed by atoms with Crippen LogP contribution in [-0.4, -0.2) is 37.1 Å². The van der Waals surface area contributed by atoms with E-state index in [-0.39, 0.29) is 0 Å². The Morgan fingerprint density at radius 2 is 1.62 bits per heavy atom. The molecule has 16 heavy (non-hydrogen) atoms. The Kier molecular flexibility index (Phi) is 2.28. The fourth-order valence-electron chi connectivity index (χ4n) is 3.18. The maximum atomic E-state index is 5.74. The molecule has 2 bridgehead atoms. The van der Waals surface area contributed by atoms with E-state index >= 15 is 0 Å². The number of hydrogen-bond acceptors (Lipinski definition) is 3. The van der Waals surface area contributed by atoms with Crippen LogP contribution < -0.4 is 10.6 Å². The van der Waals surface area contributed by atoms with Crippen LogP contribution in [0.5, 0.6) is 0 Å². The minimum absolute atomic E-state index is 0.701. The lowest BCUT2D eigenvalue weighted by Crippen LogP contribution is -2.52. The van der Waals surface area contributed by atoms with E-state index < -0.39 is 0 Å². The molecule has 2 aliphatic heterocycles. The highest BCUT2D eigenvalue weighted by Gasteiger charge is 2.38. The van der Waals surface area contributed by atoms with Gasteiger partial charge in [0, 0.05) is 36.5 Å². The summed E-state index contributed by atoms with van der Waals surface area (Å²) >= 11 is 0. The highest BCUT2D eigenvalue weighted by Crippen LogP contribution is 2.34. The molecule has 3 nitrogen and oxygen atoms in total. The van der Waals surface area contributed by atoms with Crippen LogP contribution in [0, 0.1) is 0 Å². The molecule has 2 saturated heterocycles. The van der Waals surface area contributed by atoms with Crippen LogP contribution in [0.15, 0.2) is 24.3 Å². The van der Waals surface area contributed by atoms with Crippen molar-refractivity contribution in [2.24, 2.45) is 0 Å². The van der Waals surface area contributed by atoms with Gasteiger partial charge in [0.2, 0.25) is 0 Å². The van der Waals surface area contributed by atoms with Gasteiger partial charge in [-0.1, -0.05) is 0 Å². The molecular weight excluding hydrogens is 198 g/mol. The Labute approximate surface area is 96.8 Å². The summed E-state index contributed by atoms with van der Waals surface area (Å²) in [6.07, 6.45) is 2.67. The molecule has 0 aromatic heterocycles. The van der Waals surface area contributed by atoms with Gasteiger partial charge in [-0.15, -0.1) is 0 Å². The smallest absolute Gasteiger partial charge is 0.0421 e. The normalized spacial score (nSPS) is 29.7. The molecule has 2 fully saturated rings. The molecule has 0 radical (unpaired) electrons. The second-order valence-corrected chi connectivity index (χ2v) is 5.11. The summed E-state index contributed by atoms with van der Waals surface area (Å²) in [4.78, 5) is 5.05. The second kappa shape index (κ2) is 3.67. The Morgan fingerprint density at radius 3 is 2.19 bits per heavy atom. The minimum Gasteiger partial charge on any atom is -0.399 e. The summed E-state index contributed by atoms with van der Waals surface area (Å²) in [5.74, 6) is 0. The first-order valence-corrected chi connectivity index (χ1v) is 6.06. The summed E-state index contributed by atoms with van der Waals surface area (Å²) < 4.78 is 0. The van der Waals surface area contributed by atoms with Crippen LogP contribution in [-0.2, 0) is 0 Å². The molecule has 3 rings (SSSR count). The monoisotopic (exact) mass is 217 g/mol. The Morgan fingerprint density at radius 1 is 1.06 bits per heavy atom. The highest BCUT2D eigenvalue weighted by molar-refractivity contribution is 5.55. The maximum absolute atomic E-state index is 5.74. The maximum Gasteiger partial charge on any atom is 0.0421 e. The first-order valence-electron chi connectivity index (χ1n) is 6.06. The van der Waals surface area contributed by atoms with E-state index in [1.54, 1.807) is 0 Å². The van der Waals surface area contributed by atoms with E-state index in [0.717, 1.165) is 5.69 Å². The van der Waals surface area contributed by atoms with Gasteiger partial charge in [-0.05, 0) is 44.2 Å². The lowest BCUT2D eigenvalue weighted by molar-refractivity contribution is 0.265. The lowest BCUT2D eigenvalue weighted by Gasteiger charge is -2.41. The summed E-state index contributed by atoms with van der Waals surface area (Å²) in [7, 11) is 2.23. The molecule has 1 aromatic rings. The Hall–Kier alpha value is -1.22. The van der Waals surface area contributed by atoms with Crippen LogP contribution in [0.4, 0.5) is 11.4 Å². The van der Waals surface area contributed by atoms with Crippen molar-refractivity contribution in [3.63, 3.8) is 0 Å². The standard InChI is InChI=1S/C13H19N3/c1-15-8-12-6-7-13(9-15)16(12)11-4-2-10(14)3-5-11/h2-5,12-13H,6-9,14H2,1H3. The average Bonchev–Trinajstić information content (AvgIpc) is 2.54. The predicted octanol–water partition coefficient (Wildman–Crippen LogP) is 1.55. The number of rotatable bonds is 1. The number of hydrogen-bond donors (Lipinski definition) is 1. The lowest BCUT2D eigenvalue weighted by atomic mass is 10.1. The molecule has 2 N–H and O–H groups in total. The molecule has 2 atom stereocenters. The first kappa shape index (κ1) is 9.97. The fourth-order valence-corrected chi connectivity index (χ4v) is 3.18. The van der Waals surface area contributed by atoms with Crippen molar-refractivity contribution in [3.8, 4) is 0 Å². The van der Waals surface area contributed by atoms with E-state index in [4.69, 9.17) is 5.73 Å². The number of anilines is 2. The highest BCUT2D eigenvalue weighted by atomic mass is 15.3. The van der Waals surface area contributed by atoms with Crippen LogP contribution in [0.25, 0.3) is 0 Å². The van der Waals surface area contributed by atoms with Crippen molar-refractivity contribution in [2.45, 2.75) is 24.9 Å². The first-order chi connectivity index (χ1) is 7.74. The third kappa shape index (κ3) is 1.55. The molecule has 0 spiro atoms. The molecule has 2 heterocycles. The largest absolute Gasteiger partial charge is 0.399 e. The van der Waals surface area contributed by atoms with E-state index in [0.29, 0.717) is 12.1 Å². The number of benzene rings is 1. The van der Waals surface area contributed by atoms with Crippen molar-refractivity contribution in [1.82, 2.24) is 4.90 Å². The van der Waals surface area contributed by atoms with Crippen molar-refractivity contribution < 1.29 is 0 Å². The molecule has 86 valence electrons. The van der Waals surface area contributed by atoms with Crippen molar-refractivity contribution in [3.05, 3.63) is 24.3 Å². The quantitative estimate of drug-likeness (QED) is 0.724. The van der Waals surface area contributed by atoms with Gasteiger partial charge < -0.3 is 15.5 Å². The number of nitrogens with zero attached hydrogens (tertiary/aromatic N) is 2. The summed E-state index contributed by atoms with van der Waals surface area (Å²) in [6, 6.07) is 9.73. The van der Waals surface area contributed by atoms with Crippen molar-refractivity contribution in [2.75, 3.05) is 30.8 Å². The zero-order valence-corrected chi connectivity index (χ0v) is 9.76. The van der Waals surface area contributed by atoms with Gasteiger partial charge in [-0.25, -0.2) is 0 Å². The van der Waals surface area contributed by atoms with Gasteiger partial charge in [0.25, 0.3) is 0 Å². The van der Waals surface area contributed by atoms with Gasteiger partial charge in [0.15, 0.2) is 0 Å². The fraction of sp³-hybridized carbons (Fsp3) is 0.538. The topological polar surface area (TPSA) is 32.5 Å². The molecule has 2 aliphatic rings. The SMILES string of the molecule is CN1CC2CCC(C1)N2c1ccc(N)cc1. The predicted molar refractivity (Wildman–Crippen MR) is 67.6 cm³/mol. The van der Waals surface area contributed by atoms with Crippen molar-refractivity contribution in [1.29, 1.82) is 0 Å². The van der Waals surface area contributed by atoms with Gasteiger partial charge in [0.05, 0.1) is 0 Å². The van der Waals surface area contributed by atoms with E-state index in [1.165, 1.54) is 31.6 Å². The molecule has 2 unspecified atom stereocenters. The van der Waals surface area contributed by atoms with Crippen LogP contribution in [0.3, 0.4) is 0 Å².